The van der Waals surface area contributed by atoms with Crippen LogP contribution in [0, 0.1) is 4.77 Å². The van der Waals surface area contributed by atoms with E-state index in [4.69, 9.17) is 17.0 Å². The Hall–Kier alpha value is -1.29. The van der Waals surface area contributed by atoms with Gasteiger partial charge in [0.15, 0.2) is 4.77 Å². The summed E-state index contributed by atoms with van der Waals surface area (Å²) in [5.74, 6) is 0.885. The highest BCUT2D eigenvalue weighted by atomic mass is 32.1. The highest BCUT2D eigenvalue weighted by Gasteiger charge is 2.08. The molecular formula is C14H20N2OS. The van der Waals surface area contributed by atoms with Crippen molar-refractivity contribution in [2.24, 2.45) is 0 Å². The molecule has 1 heterocycles. The number of hydrogen-bond donors (Lipinski definition) is 1. The van der Waals surface area contributed by atoms with Crippen molar-refractivity contribution in [3.05, 3.63) is 23.0 Å². The number of benzene rings is 1. The zero-order valence-corrected chi connectivity index (χ0v) is 11.8. The van der Waals surface area contributed by atoms with Crippen molar-refractivity contribution in [2.75, 3.05) is 6.61 Å². The summed E-state index contributed by atoms with van der Waals surface area (Å²) in [7, 11) is 0. The van der Waals surface area contributed by atoms with Crippen LogP contribution in [0.2, 0.25) is 0 Å². The minimum atomic E-state index is 0.667. The van der Waals surface area contributed by atoms with Gasteiger partial charge in [-0.15, -0.1) is 0 Å². The zero-order valence-electron chi connectivity index (χ0n) is 11.0. The van der Waals surface area contributed by atoms with E-state index in [2.05, 4.69) is 22.5 Å². The third-order valence-corrected chi connectivity index (χ3v) is 3.38. The number of aryl methyl sites for hydroxylation is 1. The maximum Gasteiger partial charge on any atom is 0.178 e. The highest BCUT2D eigenvalue weighted by Crippen LogP contribution is 2.25. The Balaban J connectivity index is 2.38. The van der Waals surface area contributed by atoms with Crippen LogP contribution in [0.15, 0.2) is 18.2 Å². The first kappa shape index (κ1) is 13.1. The second-order valence-electron chi connectivity index (χ2n) is 4.37. The van der Waals surface area contributed by atoms with E-state index in [1.807, 2.05) is 19.1 Å². The Labute approximate surface area is 113 Å². The molecule has 2 aromatic rings. The molecule has 0 amide bonds. The van der Waals surface area contributed by atoms with Gasteiger partial charge in [0.25, 0.3) is 0 Å². The van der Waals surface area contributed by atoms with E-state index in [1.54, 1.807) is 0 Å². The van der Waals surface area contributed by atoms with Crippen molar-refractivity contribution in [2.45, 2.75) is 39.7 Å². The lowest BCUT2D eigenvalue weighted by Gasteiger charge is -2.06. The molecule has 0 saturated heterocycles. The van der Waals surface area contributed by atoms with Crippen molar-refractivity contribution in [3.8, 4) is 5.75 Å². The number of ether oxygens (including phenoxy) is 1. The average Bonchev–Trinajstić information content (AvgIpc) is 2.68. The van der Waals surface area contributed by atoms with E-state index in [9.17, 15) is 0 Å². The number of nitrogens with one attached hydrogen (secondary N) is 1. The summed E-state index contributed by atoms with van der Waals surface area (Å²) >= 11 is 5.40. The summed E-state index contributed by atoms with van der Waals surface area (Å²) in [6.45, 7) is 5.84. The van der Waals surface area contributed by atoms with Gasteiger partial charge in [0.05, 0.1) is 12.1 Å². The summed E-state index contributed by atoms with van der Waals surface area (Å²) in [5.41, 5.74) is 2.16. The number of para-hydroxylation sites is 1. The van der Waals surface area contributed by atoms with E-state index in [1.165, 1.54) is 12.8 Å². The summed E-state index contributed by atoms with van der Waals surface area (Å²) in [6.07, 6.45) is 3.62. The van der Waals surface area contributed by atoms with Crippen molar-refractivity contribution in [1.82, 2.24) is 9.55 Å². The smallest absolute Gasteiger partial charge is 0.178 e. The maximum atomic E-state index is 5.62. The van der Waals surface area contributed by atoms with E-state index >= 15 is 0 Å². The zero-order chi connectivity index (χ0) is 13.0. The van der Waals surface area contributed by atoms with Gasteiger partial charge in [0.2, 0.25) is 0 Å². The van der Waals surface area contributed by atoms with Crippen LogP contribution in [0.3, 0.4) is 0 Å². The molecule has 1 N–H and O–H groups in total. The second kappa shape index (κ2) is 6.05. The molecule has 0 atom stereocenters. The molecule has 0 saturated carbocycles. The fourth-order valence-corrected chi connectivity index (χ4v) is 2.46. The highest BCUT2D eigenvalue weighted by molar-refractivity contribution is 7.71. The van der Waals surface area contributed by atoms with E-state index < -0.39 is 0 Å². The van der Waals surface area contributed by atoms with E-state index in [-0.39, 0.29) is 0 Å². The third-order valence-electron chi connectivity index (χ3n) is 3.06. The van der Waals surface area contributed by atoms with Crippen LogP contribution in [0.25, 0.3) is 11.0 Å². The van der Waals surface area contributed by atoms with Gasteiger partial charge in [0.1, 0.15) is 11.3 Å². The Morgan fingerprint density at radius 2 is 2.11 bits per heavy atom. The average molecular weight is 264 g/mol. The van der Waals surface area contributed by atoms with Crippen LogP contribution >= 0.6 is 12.2 Å². The summed E-state index contributed by atoms with van der Waals surface area (Å²) in [4.78, 5) is 3.26. The number of rotatable bonds is 6. The molecule has 0 aliphatic rings. The molecule has 0 unspecified atom stereocenters. The van der Waals surface area contributed by atoms with Crippen LogP contribution in [-0.2, 0) is 6.54 Å². The maximum absolute atomic E-state index is 5.62. The van der Waals surface area contributed by atoms with Gasteiger partial charge in [-0.05, 0) is 37.7 Å². The summed E-state index contributed by atoms with van der Waals surface area (Å²) in [6, 6.07) is 6.09. The molecule has 0 radical (unpaired) electrons. The quantitative estimate of drug-likeness (QED) is 0.623. The number of unbranched alkanes of at least 4 members (excludes halogenated alkanes) is 2. The number of imidazole rings is 1. The summed E-state index contributed by atoms with van der Waals surface area (Å²) in [5, 5.41) is 0. The predicted octanol–water partition coefficient (Wildman–Crippen LogP) is 4.29. The van der Waals surface area contributed by atoms with Gasteiger partial charge in [-0.1, -0.05) is 25.8 Å². The lowest BCUT2D eigenvalue weighted by molar-refractivity contribution is 0.343. The third kappa shape index (κ3) is 2.58. The first-order valence-electron chi connectivity index (χ1n) is 6.62. The van der Waals surface area contributed by atoms with Crippen LogP contribution < -0.4 is 4.74 Å². The molecule has 0 aliphatic heterocycles. The topological polar surface area (TPSA) is 29.9 Å². The van der Waals surface area contributed by atoms with E-state index in [0.717, 1.165) is 34.5 Å². The second-order valence-corrected chi connectivity index (χ2v) is 4.76. The minimum absolute atomic E-state index is 0.667. The molecule has 4 heteroatoms. The fraction of sp³-hybridized carbons (Fsp3) is 0.500. The lowest BCUT2D eigenvalue weighted by atomic mass is 10.2. The molecule has 1 aromatic carbocycles. The van der Waals surface area contributed by atoms with Crippen LogP contribution in [0.4, 0.5) is 0 Å². The normalized spacial score (nSPS) is 11.0. The van der Waals surface area contributed by atoms with Crippen LogP contribution in [0.1, 0.15) is 33.1 Å². The van der Waals surface area contributed by atoms with Crippen molar-refractivity contribution in [1.29, 1.82) is 0 Å². The molecule has 0 fully saturated rings. The molecule has 0 spiro atoms. The van der Waals surface area contributed by atoms with Gasteiger partial charge >= 0.3 is 0 Å². The number of nitrogens with zero attached hydrogens (tertiary/aromatic N) is 1. The molecule has 2 rings (SSSR count). The van der Waals surface area contributed by atoms with Gasteiger partial charge < -0.3 is 14.3 Å². The van der Waals surface area contributed by atoms with Crippen molar-refractivity contribution < 1.29 is 4.74 Å². The number of H-pyrrole nitrogens is 1. The Kier molecular flexibility index (Phi) is 4.42. The number of aromatic amines is 1. The van der Waals surface area contributed by atoms with Gasteiger partial charge in [-0.2, -0.15) is 0 Å². The van der Waals surface area contributed by atoms with Crippen molar-refractivity contribution in [3.63, 3.8) is 0 Å². The molecule has 3 nitrogen and oxygen atoms in total. The molecule has 98 valence electrons. The van der Waals surface area contributed by atoms with Gasteiger partial charge in [0, 0.05) is 6.54 Å². The first-order valence-corrected chi connectivity index (χ1v) is 7.03. The Morgan fingerprint density at radius 3 is 2.83 bits per heavy atom. The van der Waals surface area contributed by atoms with Crippen molar-refractivity contribution >= 4 is 23.3 Å². The van der Waals surface area contributed by atoms with Crippen LogP contribution in [-0.4, -0.2) is 16.2 Å². The first-order chi connectivity index (χ1) is 8.77. The van der Waals surface area contributed by atoms with Gasteiger partial charge in [-0.3, -0.25) is 0 Å². The van der Waals surface area contributed by atoms with Gasteiger partial charge in [-0.25, -0.2) is 0 Å². The minimum Gasteiger partial charge on any atom is -0.492 e. The summed E-state index contributed by atoms with van der Waals surface area (Å²) < 4.78 is 8.58. The largest absolute Gasteiger partial charge is 0.492 e. The van der Waals surface area contributed by atoms with Crippen LogP contribution in [0.5, 0.6) is 5.75 Å². The molecular weight excluding hydrogens is 244 g/mol. The molecule has 0 bridgehead atoms. The standard InChI is InChI=1S/C14H20N2OS/c1-3-5-6-10-16-11-8-7-9-12(17-4-2)13(11)15-14(16)18/h7-9H,3-6,10H2,1-2H3,(H,15,18). The fourth-order valence-electron chi connectivity index (χ4n) is 2.17. The monoisotopic (exact) mass is 264 g/mol. The molecule has 18 heavy (non-hydrogen) atoms. The molecule has 0 aliphatic carbocycles. The predicted molar refractivity (Wildman–Crippen MR) is 77.8 cm³/mol. The van der Waals surface area contributed by atoms with E-state index in [0.29, 0.717) is 6.61 Å². The SMILES string of the molecule is CCCCCn1c(=S)[nH]c2c(OCC)cccc21. The number of hydrogen-bond acceptors (Lipinski definition) is 2. The molecule has 1 aromatic heterocycles. The number of aromatic nitrogens is 2. The Morgan fingerprint density at radius 1 is 1.28 bits per heavy atom. The number of fused-ring (bicyclic) bond motifs is 1. The lowest BCUT2D eigenvalue weighted by Crippen LogP contribution is -1.98. The Bertz CT molecular complexity index is 571.